The van der Waals surface area contributed by atoms with Gasteiger partial charge in [-0.25, -0.2) is 4.79 Å². The third-order valence-electron chi connectivity index (χ3n) is 13.4. The number of nitrogens with zero attached hydrogens (tertiary/aromatic N) is 2. The number of fused-ring (bicyclic) bond motifs is 6. The fourth-order valence-corrected chi connectivity index (χ4v) is 10.3. The summed E-state index contributed by atoms with van der Waals surface area (Å²) in [6.45, 7) is 1.74. The molecule has 2 amide bonds. The van der Waals surface area contributed by atoms with Crippen LogP contribution in [0.3, 0.4) is 0 Å². The molecule has 20 nitrogen and oxygen atoms in total. The van der Waals surface area contributed by atoms with Crippen molar-refractivity contribution in [2.24, 2.45) is 5.92 Å². The summed E-state index contributed by atoms with van der Waals surface area (Å²) >= 11 is 0. The van der Waals surface area contributed by atoms with Gasteiger partial charge in [0.1, 0.15) is 36.1 Å². The Bertz CT molecular complexity index is 2310. The number of amides is 2. The van der Waals surface area contributed by atoms with Gasteiger partial charge in [-0.2, -0.15) is 0 Å². The molecule has 4 fully saturated rings. The molecule has 2 aromatic rings. The number of carbonyl (C=O) groups is 6. The topological polar surface area (TPSA) is 253 Å². The van der Waals surface area contributed by atoms with Crippen LogP contribution in [0, 0.1) is 5.92 Å². The maximum absolute atomic E-state index is 14.2. The minimum atomic E-state index is -2.26. The summed E-state index contributed by atoms with van der Waals surface area (Å²) in [5, 5.41) is 36.8. The second-order valence-electron chi connectivity index (χ2n) is 17.4. The van der Waals surface area contributed by atoms with Crippen LogP contribution in [-0.4, -0.2) is 156 Å². The van der Waals surface area contributed by atoms with Crippen LogP contribution < -0.4 is 4.74 Å². The first-order chi connectivity index (χ1) is 31.2. The summed E-state index contributed by atoms with van der Waals surface area (Å²) in [5.74, 6) is -6.07. The molecule has 1 saturated carbocycles. The van der Waals surface area contributed by atoms with Crippen molar-refractivity contribution in [3.8, 4) is 17.2 Å². The second-order valence-corrected chi connectivity index (χ2v) is 17.4. The third kappa shape index (κ3) is 8.14. The number of hydroxylamine groups is 2. The predicted octanol–water partition coefficient (Wildman–Crippen LogP) is 1.69. The molecule has 2 unspecified atom stereocenters. The van der Waals surface area contributed by atoms with Crippen molar-refractivity contribution >= 4 is 35.1 Å². The van der Waals surface area contributed by atoms with Crippen molar-refractivity contribution in [2.75, 3.05) is 47.2 Å². The SMILES string of the molecule is COc1cccc2c1C(=O)c1c(O)c3c(c(O)c1C2=O)C[C@@](O)(C(=O)COC1CCCC(COCC(=O)ON2C(=O)C=CC2=O)O1)C[C@@H]3O[C@@H]1C[C@@H](C)[C@H]2O[C@@H]3[C@@H](OC)OCCN3[C@H]2C1. The number of imide groups is 1. The van der Waals surface area contributed by atoms with Crippen molar-refractivity contribution in [3.63, 3.8) is 0 Å². The van der Waals surface area contributed by atoms with Gasteiger partial charge in [-0.1, -0.05) is 24.1 Å². The van der Waals surface area contributed by atoms with Crippen LogP contribution in [0.2, 0.25) is 0 Å². The Morgan fingerprint density at radius 3 is 2.46 bits per heavy atom. The number of aromatic hydroxyl groups is 2. The lowest BCUT2D eigenvalue weighted by molar-refractivity contribution is -0.245. The molecule has 348 valence electrons. The molecule has 2 aromatic carbocycles. The fourth-order valence-electron chi connectivity index (χ4n) is 10.3. The monoisotopic (exact) mass is 906 g/mol. The standard InChI is InChI=1S/C45H50N2O18/c1-21-14-23(15-26-42(21)64-43-44(58-3)60-13-12-46(26)43)62-28-17-45(56,16-25-35(28)41(55)37-36(39(25)53)38(52)24-7-5-8-27(57-2)34(24)40(37)54)29(48)19-61-33-9-4-6-22(63-33)18-59-20-32(51)65-47-30(49)10-11-31(47)50/h5,7-8,10-11,21-23,26,28,33,42-44,53,55-56H,4,6,9,12-20H2,1-3H3/t21-,22?,23-,26+,28+,33?,42-,43-,44+,45+/m1/s1. The zero-order valence-electron chi connectivity index (χ0n) is 35.9. The van der Waals surface area contributed by atoms with Gasteiger partial charge in [0, 0.05) is 61.4 Å². The largest absolute Gasteiger partial charge is 0.507 e. The Morgan fingerprint density at radius 2 is 1.71 bits per heavy atom. The van der Waals surface area contributed by atoms with Crippen LogP contribution in [0.25, 0.3) is 0 Å². The summed E-state index contributed by atoms with van der Waals surface area (Å²) in [7, 11) is 2.90. The number of ether oxygens (including phenoxy) is 8. The van der Waals surface area contributed by atoms with Gasteiger partial charge in [0.15, 0.2) is 30.4 Å². The first-order valence-corrected chi connectivity index (χ1v) is 21.7. The van der Waals surface area contributed by atoms with E-state index in [4.69, 9.17) is 42.7 Å². The number of rotatable bonds is 13. The molecule has 65 heavy (non-hydrogen) atoms. The Morgan fingerprint density at radius 1 is 0.938 bits per heavy atom. The van der Waals surface area contributed by atoms with Gasteiger partial charge in [0.2, 0.25) is 5.78 Å². The maximum atomic E-state index is 14.2. The van der Waals surface area contributed by atoms with E-state index in [0.29, 0.717) is 50.3 Å². The first-order valence-electron chi connectivity index (χ1n) is 21.7. The number of aliphatic hydroxyl groups is 1. The maximum Gasteiger partial charge on any atom is 0.358 e. The highest BCUT2D eigenvalue weighted by Gasteiger charge is 2.55. The van der Waals surface area contributed by atoms with Gasteiger partial charge >= 0.3 is 5.97 Å². The average molecular weight is 907 g/mol. The summed E-state index contributed by atoms with van der Waals surface area (Å²) in [6, 6.07) is 4.34. The summed E-state index contributed by atoms with van der Waals surface area (Å²) < 4.78 is 47.4. The number of phenolic OH excluding ortho intramolecular Hbond substituents is 2. The van der Waals surface area contributed by atoms with Crippen molar-refractivity contribution < 1.29 is 86.8 Å². The van der Waals surface area contributed by atoms with Crippen LogP contribution in [-0.2, 0) is 63.6 Å². The van der Waals surface area contributed by atoms with Crippen molar-refractivity contribution in [1.82, 2.24) is 9.96 Å². The lowest BCUT2D eigenvalue weighted by atomic mass is 9.71. The lowest BCUT2D eigenvalue weighted by Gasteiger charge is -2.43. The lowest BCUT2D eigenvalue weighted by Crippen LogP contribution is -2.54. The summed E-state index contributed by atoms with van der Waals surface area (Å²) in [6.07, 6.45) is -1.02. The molecule has 3 N–H and O–H groups in total. The van der Waals surface area contributed by atoms with E-state index in [1.165, 1.54) is 25.3 Å². The van der Waals surface area contributed by atoms with Crippen LogP contribution in [0.15, 0.2) is 30.4 Å². The van der Waals surface area contributed by atoms with Crippen molar-refractivity contribution in [2.45, 2.75) is 107 Å². The van der Waals surface area contributed by atoms with Gasteiger partial charge in [-0.15, -0.1) is 0 Å². The van der Waals surface area contributed by atoms with Gasteiger partial charge in [0.05, 0.1) is 61.4 Å². The van der Waals surface area contributed by atoms with E-state index in [0.717, 1.165) is 12.2 Å². The van der Waals surface area contributed by atoms with Gasteiger partial charge in [-0.3, -0.25) is 28.9 Å². The highest BCUT2D eigenvalue weighted by atomic mass is 16.7. The van der Waals surface area contributed by atoms with Gasteiger partial charge in [0.25, 0.3) is 11.8 Å². The molecule has 0 spiro atoms. The number of hydrogen-bond donors (Lipinski definition) is 3. The van der Waals surface area contributed by atoms with E-state index >= 15 is 0 Å². The highest BCUT2D eigenvalue weighted by Crippen LogP contribution is 2.53. The van der Waals surface area contributed by atoms with Crippen LogP contribution in [0.5, 0.6) is 17.2 Å². The van der Waals surface area contributed by atoms with Gasteiger partial charge < -0.3 is 58.1 Å². The summed E-state index contributed by atoms with van der Waals surface area (Å²) in [5.41, 5.74) is -3.42. The highest BCUT2D eigenvalue weighted by molar-refractivity contribution is 6.31. The van der Waals surface area contributed by atoms with Crippen molar-refractivity contribution in [3.05, 3.63) is 63.7 Å². The molecule has 3 aliphatic carbocycles. The number of morpholine rings is 1. The molecule has 20 heteroatoms. The molecular formula is C45H50N2O18. The number of hydrogen-bond acceptors (Lipinski definition) is 19. The average Bonchev–Trinajstić information content (AvgIpc) is 3.83. The molecular weight excluding hydrogens is 856 g/mol. The molecule has 3 saturated heterocycles. The smallest absolute Gasteiger partial charge is 0.358 e. The number of phenols is 2. The fraction of sp³-hybridized carbons (Fsp3) is 0.556. The molecule has 7 aliphatic rings. The number of ketones is 3. The number of benzene rings is 2. The Balaban J connectivity index is 0.943. The van der Waals surface area contributed by atoms with E-state index in [-0.39, 0.29) is 52.7 Å². The van der Waals surface area contributed by atoms with E-state index in [1.54, 1.807) is 7.11 Å². The van der Waals surface area contributed by atoms with Crippen LogP contribution >= 0.6 is 0 Å². The van der Waals surface area contributed by atoms with Crippen LogP contribution in [0.1, 0.15) is 94.5 Å². The molecule has 4 heterocycles. The normalized spacial score (nSPS) is 31.8. The quantitative estimate of drug-likeness (QED) is 0.163. The number of methoxy groups -OCH3 is 2. The predicted molar refractivity (Wildman–Crippen MR) is 216 cm³/mol. The molecule has 0 bridgehead atoms. The first kappa shape index (κ1) is 45.0. The van der Waals surface area contributed by atoms with E-state index in [2.05, 4.69) is 4.90 Å². The molecule has 0 radical (unpaired) electrons. The number of carbonyl (C=O) groups excluding carboxylic acids is 6. The van der Waals surface area contributed by atoms with Gasteiger partial charge in [-0.05, 0) is 44.1 Å². The van der Waals surface area contributed by atoms with Crippen molar-refractivity contribution in [1.29, 1.82) is 0 Å². The Labute approximate surface area is 372 Å². The second kappa shape index (κ2) is 17.9. The van der Waals surface area contributed by atoms with E-state index in [9.17, 15) is 44.1 Å². The molecule has 4 aliphatic heterocycles. The third-order valence-corrected chi connectivity index (χ3v) is 13.4. The Kier molecular flexibility index (Phi) is 12.4. The zero-order chi connectivity index (χ0) is 45.9. The molecule has 0 aromatic heterocycles. The Hall–Kier alpha value is -5.16. The van der Waals surface area contributed by atoms with E-state index < -0.39 is 127 Å². The minimum Gasteiger partial charge on any atom is -0.507 e. The minimum absolute atomic E-state index is 0.0158. The van der Waals surface area contributed by atoms with Crippen LogP contribution in [0.4, 0.5) is 0 Å². The zero-order valence-corrected chi connectivity index (χ0v) is 35.9. The van der Waals surface area contributed by atoms with E-state index in [1.807, 2.05) is 6.92 Å². The number of Topliss-reactive ketones (excluding diaryl/α,β-unsaturated/α-hetero) is 1. The molecule has 9 rings (SSSR count). The molecule has 10 atom stereocenters. The summed E-state index contributed by atoms with van der Waals surface area (Å²) in [4.78, 5) is 85.1.